The Morgan fingerprint density at radius 1 is 1.28 bits per heavy atom. The molecule has 1 amide bonds. The fraction of sp³-hybridized carbons (Fsp3) is 0.312. The van der Waals surface area contributed by atoms with Crippen LogP contribution in [0.15, 0.2) is 29.6 Å². The maximum Gasteiger partial charge on any atom is 0.416 e. The zero-order valence-electron chi connectivity index (χ0n) is 13.1. The normalized spacial score (nSPS) is 12.6. The molecule has 9 heteroatoms. The largest absolute Gasteiger partial charge is 0.480 e. The molecule has 134 valence electrons. The number of carbonyl (C=O) groups is 2. The van der Waals surface area contributed by atoms with Gasteiger partial charge in [0, 0.05) is 10.9 Å². The molecule has 1 aromatic carbocycles. The lowest BCUT2D eigenvalue weighted by Gasteiger charge is -2.11. The van der Waals surface area contributed by atoms with Gasteiger partial charge in [0.2, 0.25) is 5.91 Å². The molecule has 1 aromatic heterocycles. The van der Waals surface area contributed by atoms with Gasteiger partial charge in [-0.3, -0.25) is 4.79 Å². The Labute approximate surface area is 145 Å². The van der Waals surface area contributed by atoms with Gasteiger partial charge >= 0.3 is 12.1 Å². The quantitative estimate of drug-likeness (QED) is 0.815. The van der Waals surface area contributed by atoms with Crippen LogP contribution >= 0.6 is 11.3 Å². The number of nitrogens with one attached hydrogen (secondary N) is 1. The van der Waals surface area contributed by atoms with E-state index in [0.29, 0.717) is 16.3 Å². The third-order valence-electron chi connectivity index (χ3n) is 3.39. The van der Waals surface area contributed by atoms with Gasteiger partial charge in [-0.05, 0) is 18.6 Å². The molecule has 0 saturated heterocycles. The SMILES string of the molecule is CCC(NC(=O)Cc1csc(-c2ccc(C(F)(F)F)cc2)n1)C(=O)O. The Balaban J connectivity index is 2.05. The van der Waals surface area contributed by atoms with Crippen molar-refractivity contribution < 1.29 is 27.9 Å². The summed E-state index contributed by atoms with van der Waals surface area (Å²) in [6, 6.07) is 3.64. The first kappa shape index (κ1) is 18.9. The van der Waals surface area contributed by atoms with Gasteiger partial charge < -0.3 is 10.4 Å². The zero-order chi connectivity index (χ0) is 18.6. The number of alkyl halides is 3. The lowest BCUT2D eigenvalue weighted by molar-refractivity contribution is -0.141. The van der Waals surface area contributed by atoms with Crippen molar-refractivity contribution in [3.8, 4) is 10.6 Å². The first-order chi connectivity index (χ1) is 11.7. The number of hydrogen-bond acceptors (Lipinski definition) is 4. The second-order valence-electron chi connectivity index (χ2n) is 5.26. The van der Waals surface area contributed by atoms with E-state index in [2.05, 4.69) is 10.3 Å². The molecule has 2 rings (SSSR count). The lowest BCUT2D eigenvalue weighted by atomic mass is 10.1. The average Bonchev–Trinajstić information content (AvgIpc) is 3.00. The van der Waals surface area contributed by atoms with Crippen molar-refractivity contribution in [1.82, 2.24) is 10.3 Å². The van der Waals surface area contributed by atoms with Crippen LogP contribution in [-0.2, 0) is 22.2 Å². The van der Waals surface area contributed by atoms with Crippen LogP contribution in [0, 0.1) is 0 Å². The average molecular weight is 372 g/mol. The number of carboxylic acids is 1. The van der Waals surface area contributed by atoms with Gasteiger partial charge in [0.25, 0.3) is 0 Å². The molecule has 0 spiro atoms. The van der Waals surface area contributed by atoms with Crippen LogP contribution in [0.25, 0.3) is 10.6 Å². The standard InChI is InChI=1S/C16H15F3N2O3S/c1-2-12(15(23)24)21-13(22)7-11-8-25-14(20-11)9-3-5-10(6-4-9)16(17,18)19/h3-6,8,12H,2,7H2,1H3,(H,21,22)(H,23,24). The number of carbonyl (C=O) groups excluding carboxylic acids is 1. The van der Waals surface area contributed by atoms with Crippen molar-refractivity contribution in [1.29, 1.82) is 0 Å². The predicted octanol–water partition coefficient (Wildman–Crippen LogP) is 3.35. The fourth-order valence-electron chi connectivity index (χ4n) is 2.07. The Hall–Kier alpha value is -2.42. The first-order valence-corrected chi connectivity index (χ1v) is 8.23. The third-order valence-corrected chi connectivity index (χ3v) is 4.33. The Bertz CT molecular complexity index is 757. The number of halogens is 3. The molecule has 1 heterocycles. The van der Waals surface area contributed by atoms with Crippen molar-refractivity contribution in [2.24, 2.45) is 0 Å². The second-order valence-corrected chi connectivity index (χ2v) is 6.12. The number of rotatable bonds is 6. The highest BCUT2D eigenvalue weighted by Gasteiger charge is 2.30. The summed E-state index contributed by atoms with van der Waals surface area (Å²) in [6.45, 7) is 1.64. The number of amides is 1. The zero-order valence-corrected chi connectivity index (χ0v) is 13.9. The monoisotopic (exact) mass is 372 g/mol. The molecule has 0 aliphatic rings. The molecule has 0 saturated carbocycles. The highest BCUT2D eigenvalue weighted by Crippen LogP contribution is 2.31. The van der Waals surface area contributed by atoms with Gasteiger partial charge in [0.05, 0.1) is 17.7 Å². The number of aliphatic carboxylic acids is 1. The Morgan fingerprint density at radius 2 is 1.92 bits per heavy atom. The second kappa shape index (κ2) is 7.64. The highest BCUT2D eigenvalue weighted by molar-refractivity contribution is 7.13. The molecule has 0 aliphatic carbocycles. The minimum Gasteiger partial charge on any atom is -0.480 e. The third kappa shape index (κ3) is 5.02. The number of thiazole rings is 1. The molecule has 1 atom stereocenters. The molecule has 5 nitrogen and oxygen atoms in total. The van der Waals surface area contributed by atoms with E-state index in [0.717, 1.165) is 12.1 Å². The summed E-state index contributed by atoms with van der Waals surface area (Å²) in [7, 11) is 0. The summed E-state index contributed by atoms with van der Waals surface area (Å²) >= 11 is 1.20. The van der Waals surface area contributed by atoms with Gasteiger partial charge in [0.15, 0.2) is 0 Å². The number of benzene rings is 1. The molecular formula is C16H15F3N2O3S. The van der Waals surface area contributed by atoms with Crippen LogP contribution in [0.5, 0.6) is 0 Å². The summed E-state index contributed by atoms with van der Waals surface area (Å²) in [4.78, 5) is 27.0. The van der Waals surface area contributed by atoms with E-state index >= 15 is 0 Å². The number of nitrogens with zero attached hydrogens (tertiary/aromatic N) is 1. The fourth-order valence-corrected chi connectivity index (χ4v) is 2.90. The van der Waals surface area contributed by atoms with Crippen molar-refractivity contribution in [2.45, 2.75) is 32.0 Å². The molecule has 0 radical (unpaired) electrons. The lowest BCUT2D eigenvalue weighted by Crippen LogP contribution is -2.41. The molecule has 2 N–H and O–H groups in total. The molecular weight excluding hydrogens is 357 g/mol. The Morgan fingerprint density at radius 3 is 2.44 bits per heavy atom. The van der Waals surface area contributed by atoms with E-state index < -0.39 is 29.7 Å². The van der Waals surface area contributed by atoms with Gasteiger partial charge in [-0.15, -0.1) is 11.3 Å². The minimum absolute atomic E-state index is 0.0963. The summed E-state index contributed by atoms with van der Waals surface area (Å²) in [5.41, 5.74) is 0.200. The maximum atomic E-state index is 12.6. The molecule has 1 unspecified atom stereocenters. The summed E-state index contributed by atoms with van der Waals surface area (Å²) < 4.78 is 37.7. The van der Waals surface area contributed by atoms with E-state index in [1.807, 2.05) is 0 Å². The first-order valence-electron chi connectivity index (χ1n) is 7.35. The van der Waals surface area contributed by atoms with Crippen LogP contribution in [0.2, 0.25) is 0 Å². The van der Waals surface area contributed by atoms with Crippen LogP contribution in [0.4, 0.5) is 13.2 Å². The topological polar surface area (TPSA) is 79.3 Å². The summed E-state index contributed by atoms with van der Waals surface area (Å²) in [5.74, 6) is -1.59. The summed E-state index contributed by atoms with van der Waals surface area (Å²) in [5, 5.41) is 13.4. The van der Waals surface area contributed by atoms with Gasteiger partial charge in [-0.1, -0.05) is 19.1 Å². The number of carboxylic acid groups (broad SMARTS) is 1. The molecule has 0 fully saturated rings. The maximum absolute atomic E-state index is 12.6. The van der Waals surface area contributed by atoms with E-state index in [-0.39, 0.29) is 12.8 Å². The van der Waals surface area contributed by atoms with E-state index in [9.17, 15) is 22.8 Å². The van der Waals surface area contributed by atoms with Crippen LogP contribution in [0.3, 0.4) is 0 Å². The van der Waals surface area contributed by atoms with Crippen LogP contribution < -0.4 is 5.32 Å². The number of hydrogen-bond donors (Lipinski definition) is 2. The van der Waals surface area contributed by atoms with Crippen LogP contribution in [0.1, 0.15) is 24.6 Å². The molecule has 0 bridgehead atoms. The minimum atomic E-state index is -4.40. The molecule has 25 heavy (non-hydrogen) atoms. The van der Waals surface area contributed by atoms with Crippen LogP contribution in [-0.4, -0.2) is 28.0 Å². The predicted molar refractivity (Wildman–Crippen MR) is 86.1 cm³/mol. The highest BCUT2D eigenvalue weighted by atomic mass is 32.1. The Kier molecular flexibility index (Phi) is 5.78. The van der Waals surface area contributed by atoms with E-state index in [1.165, 1.54) is 23.5 Å². The van der Waals surface area contributed by atoms with Gasteiger partial charge in [-0.2, -0.15) is 13.2 Å². The molecule has 2 aromatic rings. The van der Waals surface area contributed by atoms with Crippen molar-refractivity contribution in [2.75, 3.05) is 0 Å². The smallest absolute Gasteiger partial charge is 0.416 e. The van der Waals surface area contributed by atoms with Gasteiger partial charge in [0.1, 0.15) is 11.0 Å². The van der Waals surface area contributed by atoms with Crippen molar-refractivity contribution in [3.63, 3.8) is 0 Å². The van der Waals surface area contributed by atoms with Crippen molar-refractivity contribution >= 4 is 23.2 Å². The van der Waals surface area contributed by atoms with Crippen molar-refractivity contribution in [3.05, 3.63) is 40.9 Å². The number of aromatic nitrogens is 1. The molecule has 0 aliphatic heterocycles. The van der Waals surface area contributed by atoms with E-state index in [4.69, 9.17) is 5.11 Å². The van der Waals surface area contributed by atoms with E-state index in [1.54, 1.807) is 12.3 Å². The summed E-state index contributed by atoms with van der Waals surface area (Å²) in [6.07, 6.45) is -4.24. The van der Waals surface area contributed by atoms with Gasteiger partial charge in [-0.25, -0.2) is 9.78 Å².